The van der Waals surface area contributed by atoms with Crippen molar-refractivity contribution in [2.45, 2.75) is 51.2 Å². The fourth-order valence-corrected chi connectivity index (χ4v) is 3.56. The maximum Gasteiger partial charge on any atom is 0.273 e. The van der Waals surface area contributed by atoms with Gasteiger partial charge in [0.2, 0.25) is 0 Å². The second-order valence-electron chi connectivity index (χ2n) is 6.01. The summed E-state index contributed by atoms with van der Waals surface area (Å²) >= 11 is 0. The summed E-state index contributed by atoms with van der Waals surface area (Å²) in [6, 6.07) is 4.69. The Hall–Kier alpha value is -1.62. The highest BCUT2D eigenvalue weighted by atomic mass is 16.6. The van der Waals surface area contributed by atoms with Crippen LogP contribution in [-0.4, -0.2) is 22.2 Å². The van der Waals surface area contributed by atoms with Crippen LogP contribution in [0.4, 0.5) is 5.69 Å². The fraction of sp³-hybridized carbons (Fsp3) is 0.600. The van der Waals surface area contributed by atoms with Crippen LogP contribution in [0.3, 0.4) is 0 Å². The van der Waals surface area contributed by atoms with Crippen LogP contribution in [0.15, 0.2) is 18.2 Å². The van der Waals surface area contributed by atoms with E-state index < -0.39 is 4.92 Å². The molecule has 108 valence electrons. The van der Waals surface area contributed by atoms with Crippen LogP contribution in [0.1, 0.15) is 37.7 Å². The first-order valence-electron chi connectivity index (χ1n) is 7.13. The lowest BCUT2D eigenvalue weighted by atomic mass is 9.62. The fourth-order valence-electron chi connectivity index (χ4n) is 3.56. The number of nitrogens with zero attached hydrogens (tertiary/aromatic N) is 1. The first-order valence-corrected chi connectivity index (χ1v) is 7.13. The van der Waals surface area contributed by atoms with Crippen LogP contribution in [0, 0.1) is 22.5 Å². The normalized spacial score (nSPS) is 27.3. The zero-order chi connectivity index (χ0) is 14.3. The van der Waals surface area contributed by atoms with Crippen molar-refractivity contribution in [2.75, 3.05) is 0 Å². The zero-order valence-corrected chi connectivity index (χ0v) is 11.5. The highest BCUT2D eigenvalue weighted by Gasteiger charge is 2.57. The van der Waals surface area contributed by atoms with E-state index in [1.54, 1.807) is 6.07 Å². The standard InChI is InChI=1S/C15H19NO4/c1-10-4-5-11(16(18)19)8-12(10)20-14-9-13(17)15(14)6-2-3-7-15/h4-5,8,13-14,17H,2-3,6-7,9H2,1H3. The number of nitro groups is 1. The van der Waals surface area contributed by atoms with Crippen LogP contribution in [0.25, 0.3) is 0 Å². The van der Waals surface area contributed by atoms with Gasteiger partial charge in [-0.25, -0.2) is 0 Å². The molecule has 0 radical (unpaired) electrons. The third-order valence-electron chi connectivity index (χ3n) is 4.93. The molecule has 2 aliphatic carbocycles. The quantitative estimate of drug-likeness (QED) is 0.681. The molecular formula is C15H19NO4. The summed E-state index contributed by atoms with van der Waals surface area (Å²) in [7, 11) is 0. The Labute approximate surface area is 117 Å². The van der Waals surface area contributed by atoms with E-state index in [0.29, 0.717) is 12.2 Å². The summed E-state index contributed by atoms with van der Waals surface area (Å²) in [4.78, 5) is 10.4. The maximum atomic E-state index is 10.8. The highest BCUT2D eigenvalue weighted by molar-refractivity contribution is 5.44. The first-order chi connectivity index (χ1) is 9.53. The molecule has 0 bridgehead atoms. The number of hydrogen-bond donors (Lipinski definition) is 1. The molecule has 0 aromatic heterocycles. The number of aliphatic hydroxyl groups is 1. The topological polar surface area (TPSA) is 72.6 Å². The van der Waals surface area contributed by atoms with Crippen LogP contribution in [-0.2, 0) is 0 Å². The van der Waals surface area contributed by atoms with E-state index >= 15 is 0 Å². The monoisotopic (exact) mass is 277 g/mol. The SMILES string of the molecule is Cc1ccc([N+](=O)[O-])cc1OC1CC(O)C12CCCC2. The van der Waals surface area contributed by atoms with Crippen molar-refractivity contribution < 1.29 is 14.8 Å². The summed E-state index contributed by atoms with van der Waals surface area (Å²) in [5, 5.41) is 20.9. The van der Waals surface area contributed by atoms with Gasteiger partial charge in [0.05, 0.1) is 17.1 Å². The second kappa shape index (κ2) is 4.74. The van der Waals surface area contributed by atoms with E-state index in [0.717, 1.165) is 31.2 Å². The number of rotatable bonds is 3. The second-order valence-corrected chi connectivity index (χ2v) is 6.01. The van der Waals surface area contributed by atoms with Gasteiger partial charge in [-0.15, -0.1) is 0 Å². The predicted molar refractivity (Wildman–Crippen MR) is 73.8 cm³/mol. The van der Waals surface area contributed by atoms with Gasteiger partial charge in [0.1, 0.15) is 11.9 Å². The lowest BCUT2D eigenvalue weighted by Gasteiger charge is -2.51. The molecule has 2 aliphatic rings. The zero-order valence-electron chi connectivity index (χ0n) is 11.5. The minimum absolute atomic E-state index is 0.0132. The van der Waals surface area contributed by atoms with Crippen molar-refractivity contribution in [2.24, 2.45) is 5.41 Å². The number of hydrogen-bond acceptors (Lipinski definition) is 4. The minimum atomic E-state index is -0.409. The molecule has 0 heterocycles. The number of aliphatic hydroxyl groups excluding tert-OH is 1. The maximum absolute atomic E-state index is 10.8. The van der Waals surface area contributed by atoms with Gasteiger partial charge in [0.15, 0.2) is 0 Å². The number of benzene rings is 1. The van der Waals surface area contributed by atoms with Gasteiger partial charge < -0.3 is 9.84 Å². The van der Waals surface area contributed by atoms with Gasteiger partial charge >= 0.3 is 0 Å². The lowest BCUT2D eigenvalue weighted by Crippen LogP contribution is -2.58. The Kier molecular flexibility index (Phi) is 3.17. The minimum Gasteiger partial charge on any atom is -0.489 e. The lowest BCUT2D eigenvalue weighted by molar-refractivity contribution is -0.385. The van der Waals surface area contributed by atoms with Crippen molar-refractivity contribution in [3.63, 3.8) is 0 Å². The number of ether oxygens (including phenoxy) is 1. The Morgan fingerprint density at radius 1 is 1.40 bits per heavy atom. The molecule has 2 unspecified atom stereocenters. The van der Waals surface area contributed by atoms with E-state index in [-0.39, 0.29) is 23.3 Å². The van der Waals surface area contributed by atoms with Crippen molar-refractivity contribution in [3.05, 3.63) is 33.9 Å². The summed E-state index contributed by atoms with van der Waals surface area (Å²) in [6.07, 6.45) is 4.58. The highest BCUT2D eigenvalue weighted by Crippen LogP contribution is 2.54. The average molecular weight is 277 g/mol. The van der Waals surface area contributed by atoms with Crippen LogP contribution in [0.5, 0.6) is 5.75 Å². The molecular weight excluding hydrogens is 258 g/mol. The van der Waals surface area contributed by atoms with Crippen LogP contribution in [0.2, 0.25) is 0 Å². The molecule has 3 rings (SSSR count). The summed E-state index contributed by atoms with van der Waals surface area (Å²) in [5.41, 5.74) is 0.827. The molecule has 2 saturated carbocycles. The van der Waals surface area contributed by atoms with Gasteiger partial charge in [-0.3, -0.25) is 10.1 Å². The Morgan fingerprint density at radius 3 is 2.70 bits per heavy atom. The molecule has 2 fully saturated rings. The van der Waals surface area contributed by atoms with Crippen LogP contribution < -0.4 is 4.74 Å². The van der Waals surface area contributed by atoms with Gasteiger partial charge in [0.25, 0.3) is 5.69 Å². The summed E-state index contributed by atoms with van der Waals surface area (Å²) in [6.45, 7) is 1.88. The smallest absolute Gasteiger partial charge is 0.273 e. The average Bonchev–Trinajstić information content (AvgIpc) is 2.92. The Balaban J connectivity index is 1.81. The molecule has 20 heavy (non-hydrogen) atoms. The van der Waals surface area contributed by atoms with Gasteiger partial charge in [-0.2, -0.15) is 0 Å². The molecule has 0 aliphatic heterocycles. The van der Waals surface area contributed by atoms with Crippen LogP contribution >= 0.6 is 0 Å². The van der Waals surface area contributed by atoms with E-state index in [9.17, 15) is 15.2 Å². The number of non-ortho nitro benzene ring substituents is 1. The molecule has 5 nitrogen and oxygen atoms in total. The third kappa shape index (κ3) is 1.97. The van der Waals surface area contributed by atoms with E-state index in [4.69, 9.17) is 4.74 Å². The first kappa shape index (κ1) is 13.4. The molecule has 1 spiro atoms. The van der Waals surface area contributed by atoms with E-state index in [2.05, 4.69) is 0 Å². The largest absolute Gasteiger partial charge is 0.489 e. The molecule has 1 aromatic rings. The summed E-state index contributed by atoms with van der Waals surface area (Å²) < 4.78 is 6.02. The molecule has 2 atom stereocenters. The molecule has 0 amide bonds. The molecule has 5 heteroatoms. The number of aryl methyl sites for hydroxylation is 1. The Bertz CT molecular complexity index is 537. The molecule has 1 aromatic carbocycles. The number of nitro benzene ring substituents is 1. The van der Waals surface area contributed by atoms with Gasteiger partial charge in [-0.1, -0.05) is 12.8 Å². The van der Waals surface area contributed by atoms with Crippen molar-refractivity contribution >= 4 is 5.69 Å². The summed E-state index contributed by atoms with van der Waals surface area (Å²) in [5.74, 6) is 0.572. The molecule has 0 saturated heterocycles. The molecule has 1 N–H and O–H groups in total. The van der Waals surface area contributed by atoms with E-state index in [1.807, 2.05) is 6.92 Å². The van der Waals surface area contributed by atoms with Gasteiger partial charge in [0, 0.05) is 17.9 Å². The Morgan fingerprint density at radius 2 is 2.10 bits per heavy atom. The van der Waals surface area contributed by atoms with Crippen molar-refractivity contribution in [1.29, 1.82) is 0 Å². The van der Waals surface area contributed by atoms with Crippen molar-refractivity contribution in [3.8, 4) is 5.75 Å². The third-order valence-corrected chi connectivity index (χ3v) is 4.93. The van der Waals surface area contributed by atoms with Crippen molar-refractivity contribution in [1.82, 2.24) is 0 Å². The predicted octanol–water partition coefficient (Wildman–Crippen LogP) is 2.98. The van der Waals surface area contributed by atoms with Gasteiger partial charge in [-0.05, 0) is 31.4 Å². The van der Waals surface area contributed by atoms with E-state index in [1.165, 1.54) is 12.1 Å².